The van der Waals surface area contributed by atoms with E-state index in [-0.39, 0.29) is 12.6 Å². The highest BCUT2D eigenvalue weighted by atomic mass is 16.5. The number of carbonyl (C=O) groups is 1. The fourth-order valence-electron chi connectivity index (χ4n) is 1.44. The molecular formula is C13H20N2O3. The van der Waals surface area contributed by atoms with Crippen LogP contribution in [0.4, 0.5) is 4.79 Å². The first-order valence-electron chi connectivity index (χ1n) is 6.10. The van der Waals surface area contributed by atoms with E-state index < -0.39 is 0 Å². The second-order valence-electron chi connectivity index (χ2n) is 3.77. The largest absolute Gasteiger partial charge is 0.494 e. The number of urea groups is 1. The number of benzene rings is 1. The van der Waals surface area contributed by atoms with Gasteiger partial charge < -0.3 is 20.5 Å². The summed E-state index contributed by atoms with van der Waals surface area (Å²) < 4.78 is 5.38. The lowest BCUT2D eigenvalue weighted by Crippen LogP contribution is -2.35. The smallest absolute Gasteiger partial charge is 0.315 e. The normalized spacial score (nSPS) is 9.89. The zero-order chi connectivity index (χ0) is 13.2. The Morgan fingerprint density at radius 1 is 1.39 bits per heavy atom. The molecule has 0 bridgehead atoms. The Bertz CT molecular complexity index is 369. The van der Waals surface area contributed by atoms with Crippen LogP contribution in [-0.2, 0) is 6.54 Å². The highest BCUT2D eigenvalue weighted by molar-refractivity contribution is 5.73. The zero-order valence-electron chi connectivity index (χ0n) is 10.6. The SMILES string of the molecule is CCOc1cccc(CNC(=O)NCCCO)c1. The van der Waals surface area contributed by atoms with E-state index in [1.807, 2.05) is 31.2 Å². The minimum absolute atomic E-state index is 0.0800. The van der Waals surface area contributed by atoms with Gasteiger partial charge in [-0.15, -0.1) is 0 Å². The number of aliphatic hydroxyl groups excluding tert-OH is 1. The Hall–Kier alpha value is -1.75. The fraction of sp³-hybridized carbons (Fsp3) is 0.462. The van der Waals surface area contributed by atoms with Crippen LogP contribution in [0.15, 0.2) is 24.3 Å². The van der Waals surface area contributed by atoms with Crippen LogP contribution in [0.25, 0.3) is 0 Å². The monoisotopic (exact) mass is 252 g/mol. The second kappa shape index (κ2) is 8.36. The minimum Gasteiger partial charge on any atom is -0.494 e. The summed E-state index contributed by atoms with van der Waals surface area (Å²) in [5.74, 6) is 0.803. The van der Waals surface area contributed by atoms with Crippen molar-refractivity contribution in [2.45, 2.75) is 19.9 Å². The maximum atomic E-state index is 11.4. The predicted octanol–water partition coefficient (Wildman–Crippen LogP) is 1.27. The van der Waals surface area contributed by atoms with Gasteiger partial charge in [0.1, 0.15) is 5.75 Å². The molecule has 0 saturated heterocycles. The highest BCUT2D eigenvalue weighted by Gasteiger charge is 2.00. The molecule has 0 aromatic heterocycles. The van der Waals surface area contributed by atoms with Crippen molar-refractivity contribution in [3.8, 4) is 5.75 Å². The number of nitrogens with one attached hydrogen (secondary N) is 2. The molecule has 5 nitrogen and oxygen atoms in total. The first-order chi connectivity index (χ1) is 8.76. The van der Waals surface area contributed by atoms with Crippen molar-refractivity contribution in [2.24, 2.45) is 0 Å². The maximum absolute atomic E-state index is 11.4. The first kappa shape index (κ1) is 14.3. The molecule has 0 radical (unpaired) electrons. The Morgan fingerprint density at radius 2 is 2.22 bits per heavy atom. The van der Waals surface area contributed by atoms with Gasteiger partial charge >= 0.3 is 6.03 Å². The van der Waals surface area contributed by atoms with Crippen molar-refractivity contribution in [1.82, 2.24) is 10.6 Å². The number of aliphatic hydroxyl groups is 1. The standard InChI is InChI=1S/C13H20N2O3/c1-2-18-12-6-3-5-11(9-12)10-15-13(17)14-7-4-8-16/h3,5-6,9,16H,2,4,7-8,10H2,1H3,(H2,14,15,17). The average Bonchev–Trinajstić information content (AvgIpc) is 2.38. The van der Waals surface area contributed by atoms with Crippen LogP contribution in [-0.4, -0.2) is 30.9 Å². The molecule has 18 heavy (non-hydrogen) atoms. The molecule has 0 aliphatic heterocycles. The van der Waals surface area contributed by atoms with E-state index in [0.29, 0.717) is 26.1 Å². The van der Waals surface area contributed by atoms with Crippen LogP contribution in [0.2, 0.25) is 0 Å². The molecule has 0 fully saturated rings. The van der Waals surface area contributed by atoms with E-state index >= 15 is 0 Å². The topological polar surface area (TPSA) is 70.6 Å². The van der Waals surface area contributed by atoms with E-state index in [0.717, 1.165) is 11.3 Å². The Morgan fingerprint density at radius 3 is 2.94 bits per heavy atom. The van der Waals surface area contributed by atoms with E-state index in [9.17, 15) is 4.79 Å². The molecule has 3 N–H and O–H groups in total. The summed E-state index contributed by atoms with van der Waals surface area (Å²) in [6.07, 6.45) is 0.563. The minimum atomic E-state index is -0.231. The zero-order valence-corrected chi connectivity index (χ0v) is 10.6. The molecule has 5 heteroatoms. The molecule has 1 aromatic rings. The third kappa shape index (κ3) is 5.54. The maximum Gasteiger partial charge on any atom is 0.315 e. The van der Waals surface area contributed by atoms with Crippen LogP contribution < -0.4 is 15.4 Å². The molecule has 1 rings (SSSR count). The van der Waals surface area contributed by atoms with E-state index in [2.05, 4.69) is 10.6 Å². The molecule has 0 aliphatic rings. The summed E-state index contributed by atoms with van der Waals surface area (Å²) in [6.45, 7) is 3.56. The van der Waals surface area contributed by atoms with Crippen LogP contribution >= 0.6 is 0 Å². The molecule has 0 heterocycles. The van der Waals surface area contributed by atoms with Crippen LogP contribution in [0.5, 0.6) is 5.75 Å². The molecule has 0 spiro atoms. The van der Waals surface area contributed by atoms with E-state index in [1.54, 1.807) is 0 Å². The summed E-state index contributed by atoms with van der Waals surface area (Å²) in [5, 5.41) is 14.0. The summed E-state index contributed by atoms with van der Waals surface area (Å²) >= 11 is 0. The number of hydrogen-bond donors (Lipinski definition) is 3. The van der Waals surface area contributed by atoms with Gasteiger partial charge in [0, 0.05) is 19.7 Å². The van der Waals surface area contributed by atoms with Gasteiger partial charge in [0.25, 0.3) is 0 Å². The number of hydrogen-bond acceptors (Lipinski definition) is 3. The second-order valence-corrected chi connectivity index (χ2v) is 3.77. The molecular weight excluding hydrogens is 232 g/mol. The first-order valence-corrected chi connectivity index (χ1v) is 6.10. The summed E-state index contributed by atoms with van der Waals surface area (Å²) in [5.41, 5.74) is 0.984. The fourth-order valence-corrected chi connectivity index (χ4v) is 1.44. The van der Waals surface area contributed by atoms with Gasteiger partial charge in [0.15, 0.2) is 0 Å². The third-order valence-electron chi connectivity index (χ3n) is 2.28. The lowest BCUT2D eigenvalue weighted by atomic mass is 10.2. The molecule has 0 saturated carbocycles. The number of carbonyl (C=O) groups excluding carboxylic acids is 1. The van der Waals surface area contributed by atoms with Crippen LogP contribution in [0, 0.1) is 0 Å². The number of amides is 2. The number of rotatable bonds is 7. The molecule has 2 amide bonds. The Kier molecular flexibility index (Phi) is 6.64. The summed E-state index contributed by atoms with van der Waals surface area (Å²) in [6, 6.07) is 7.37. The van der Waals surface area contributed by atoms with Gasteiger partial charge in [-0.25, -0.2) is 4.79 Å². The van der Waals surface area contributed by atoms with Crippen LogP contribution in [0.1, 0.15) is 18.9 Å². The van der Waals surface area contributed by atoms with Gasteiger partial charge in [-0.2, -0.15) is 0 Å². The van der Waals surface area contributed by atoms with Crippen molar-refractivity contribution >= 4 is 6.03 Å². The average molecular weight is 252 g/mol. The van der Waals surface area contributed by atoms with Gasteiger partial charge in [-0.1, -0.05) is 12.1 Å². The van der Waals surface area contributed by atoms with Crippen molar-refractivity contribution in [3.63, 3.8) is 0 Å². The van der Waals surface area contributed by atoms with Gasteiger partial charge in [-0.3, -0.25) is 0 Å². The summed E-state index contributed by atoms with van der Waals surface area (Å²) in [4.78, 5) is 11.4. The van der Waals surface area contributed by atoms with Gasteiger partial charge in [0.05, 0.1) is 6.61 Å². The lowest BCUT2D eigenvalue weighted by molar-refractivity contribution is 0.237. The van der Waals surface area contributed by atoms with E-state index in [4.69, 9.17) is 9.84 Å². The molecule has 100 valence electrons. The predicted molar refractivity (Wildman–Crippen MR) is 69.6 cm³/mol. The Balaban J connectivity index is 2.33. The summed E-state index contributed by atoms with van der Waals surface area (Å²) in [7, 11) is 0. The quantitative estimate of drug-likeness (QED) is 0.640. The van der Waals surface area contributed by atoms with Crippen molar-refractivity contribution in [1.29, 1.82) is 0 Å². The third-order valence-corrected chi connectivity index (χ3v) is 2.28. The van der Waals surface area contributed by atoms with Crippen LogP contribution in [0.3, 0.4) is 0 Å². The molecule has 0 atom stereocenters. The van der Waals surface area contributed by atoms with Gasteiger partial charge in [0.2, 0.25) is 0 Å². The molecule has 0 unspecified atom stereocenters. The van der Waals surface area contributed by atoms with Crippen molar-refractivity contribution < 1.29 is 14.6 Å². The number of ether oxygens (including phenoxy) is 1. The lowest BCUT2D eigenvalue weighted by Gasteiger charge is -2.08. The van der Waals surface area contributed by atoms with Crippen molar-refractivity contribution in [3.05, 3.63) is 29.8 Å². The molecule has 0 aliphatic carbocycles. The van der Waals surface area contributed by atoms with Gasteiger partial charge in [-0.05, 0) is 31.0 Å². The highest BCUT2D eigenvalue weighted by Crippen LogP contribution is 2.12. The van der Waals surface area contributed by atoms with Crippen molar-refractivity contribution in [2.75, 3.05) is 19.8 Å². The molecule has 1 aromatic carbocycles. The van der Waals surface area contributed by atoms with E-state index in [1.165, 1.54) is 0 Å². The Labute approximate surface area is 107 Å².